The lowest BCUT2D eigenvalue weighted by atomic mass is 10.1. The Hall–Kier alpha value is -3.14. The first kappa shape index (κ1) is 17.7. The van der Waals surface area contributed by atoms with Gasteiger partial charge < -0.3 is 9.88 Å². The third-order valence-corrected chi connectivity index (χ3v) is 4.40. The van der Waals surface area contributed by atoms with Crippen LogP contribution in [-0.4, -0.2) is 10.9 Å². The molecule has 0 aliphatic rings. The van der Waals surface area contributed by atoms with Crippen LogP contribution in [0.5, 0.6) is 0 Å². The van der Waals surface area contributed by atoms with Crippen molar-refractivity contribution in [1.29, 1.82) is 0 Å². The van der Waals surface area contributed by atoms with Gasteiger partial charge in [-0.3, -0.25) is 9.59 Å². The zero-order valence-electron chi connectivity index (χ0n) is 15.2. The second-order valence-corrected chi connectivity index (χ2v) is 6.48. The molecule has 0 unspecified atom stereocenters. The Labute approximate surface area is 153 Å². The van der Waals surface area contributed by atoms with Gasteiger partial charge in [-0.25, -0.2) is 0 Å². The number of pyridine rings is 1. The van der Waals surface area contributed by atoms with Crippen LogP contribution in [0.2, 0.25) is 0 Å². The number of carbonyl (C=O) groups is 1. The molecule has 1 aromatic heterocycles. The molecule has 4 nitrogen and oxygen atoms in total. The zero-order valence-corrected chi connectivity index (χ0v) is 15.2. The molecule has 0 spiro atoms. The van der Waals surface area contributed by atoms with Crippen molar-refractivity contribution in [3.63, 3.8) is 0 Å². The van der Waals surface area contributed by atoms with Gasteiger partial charge in [0.25, 0.3) is 5.91 Å². The molecule has 1 heterocycles. The highest BCUT2D eigenvalue weighted by molar-refractivity contribution is 6.07. The first-order valence-corrected chi connectivity index (χ1v) is 8.59. The standard InChI is InChI=1S/C22H22N2O2/c1-15-9-7-8-12-19(15)24(14-18-10-5-4-6-11-18)22(26)21-17(3)23-16(2)13-20(21)25/h4-13H,14H2,1-3H3,(H,23,25). The predicted octanol–water partition coefficient (Wildman–Crippen LogP) is 4.15. The highest BCUT2D eigenvalue weighted by atomic mass is 16.2. The Bertz CT molecular complexity index is 991. The van der Waals surface area contributed by atoms with Crippen LogP contribution in [0, 0.1) is 20.8 Å². The summed E-state index contributed by atoms with van der Waals surface area (Å²) >= 11 is 0. The van der Waals surface area contributed by atoms with Crippen LogP contribution in [-0.2, 0) is 6.54 Å². The molecule has 3 rings (SSSR count). The molecule has 0 aliphatic heterocycles. The maximum Gasteiger partial charge on any atom is 0.264 e. The number of benzene rings is 2. The molecule has 0 bridgehead atoms. The average molecular weight is 346 g/mol. The monoisotopic (exact) mass is 346 g/mol. The number of rotatable bonds is 4. The lowest BCUT2D eigenvalue weighted by Gasteiger charge is -2.25. The number of carbonyl (C=O) groups excluding carboxylic acids is 1. The topological polar surface area (TPSA) is 53.2 Å². The first-order valence-electron chi connectivity index (χ1n) is 8.59. The molecule has 0 saturated carbocycles. The van der Waals surface area contributed by atoms with Gasteiger partial charge in [-0.2, -0.15) is 0 Å². The summed E-state index contributed by atoms with van der Waals surface area (Å²) in [6.45, 7) is 5.94. The van der Waals surface area contributed by atoms with E-state index in [1.165, 1.54) is 6.07 Å². The molecule has 0 saturated heterocycles. The Kier molecular flexibility index (Phi) is 5.03. The zero-order chi connectivity index (χ0) is 18.7. The largest absolute Gasteiger partial charge is 0.362 e. The van der Waals surface area contributed by atoms with E-state index < -0.39 is 0 Å². The number of nitrogens with zero attached hydrogens (tertiary/aromatic N) is 1. The number of hydrogen-bond donors (Lipinski definition) is 1. The van der Waals surface area contributed by atoms with Gasteiger partial charge in [0.2, 0.25) is 0 Å². The average Bonchev–Trinajstić information content (AvgIpc) is 2.60. The minimum atomic E-state index is -0.290. The van der Waals surface area contributed by atoms with Gasteiger partial charge in [-0.05, 0) is 38.0 Å². The Morgan fingerprint density at radius 2 is 1.62 bits per heavy atom. The number of anilines is 1. The van der Waals surface area contributed by atoms with Crippen molar-refractivity contribution in [3.8, 4) is 0 Å². The number of aryl methyl sites for hydroxylation is 3. The van der Waals surface area contributed by atoms with Crippen LogP contribution >= 0.6 is 0 Å². The Balaban J connectivity index is 2.10. The number of aromatic nitrogens is 1. The molecule has 0 aliphatic carbocycles. The molecular formula is C22H22N2O2. The third-order valence-electron chi connectivity index (χ3n) is 4.40. The van der Waals surface area contributed by atoms with Crippen LogP contribution in [0.3, 0.4) is 0 Å². The number of amides is 1. The van der Waals surface area contributed by atoms with Gasteiger partial charge in [0.15, 0.2) is 5.43 Å². The number of aromatic amines is 1. The summed E-state index contributed by atoms with van der Waals surface area (Å²) in [7, 11) is 0. The molecule has 0 radical (unpaired) electrons. The Morgan fingerprint density at radius 3 is 2.27 bits per heavy atom. The predicted molar refractivity (Wildman–Crippen MR) is 105 cm³/mol. The molecular weight excluding hydrogens is 324 g/mol. The van der Waals surface area contributed by atoms with E-state index in [1.54, 1.807) is 11.8 Å². The highest BCUT2D eigenvalue weighted by Crippen LogP contribution is 2.24. The summed E-state index contributed by atoms with van der Waals surface area (Å²) in [5.41, 5.74) is 4.07. The van der Waals surface area contributed by atoms with Gasteiger partial charge in [0.1, 0.15) is 5.56 Å². The fraction of sp³-hybridized carbons (Fsp3) is 0.182. The van der Waals surface area contributed by atoms with Crippen molar-refractivity contribution in [2.45, 2.75) is 27.3 Å². The fourth-order valence-corrected chi connectivity index (χ4v) is 3.15. The first-order chi connectivity index (χ1) is 12.5. The van der Waals surface area contributed by atoms with Gasteiger partial charge in [-0.1, -0.05) is 48.5 Å². The SMILES string of the molecule is Cc1cc(=O)c(C(=O)N(Cc2ccccc2)c2ccccc2C)c(C)[nH]1. The van der Waals surface area contributed by atoms with Crippen LogP contribution in [0.1, 0.15) is 32.9 Å². The van der Waals surface area contributed by atoms with Crippen LogP contribution in [0.15, 0.2) is 65.5 Å². The summed E-state index contributed by atoms with van der Waals surface area (Å²) in [4.78, 5) is 30.6. The minimum Gasteiger partial charge on any atom is -0.362 e. The van der Waals surface area contributed by atoms with E-state index in [1.807, 2.05) is 68.4 Å². The van der Waals surface area contributed by atoms with Gasteiger partial charge in [-0.15, -0.1) is 0 Å². The molecule has 0 fully saturated rings. The number of nitrogens with one attached hydrogen (secondary N) is 1. The second kappa shape index (κ2) is 7.40. The lowest BCUT2D eigenvalue weighted by Crippen LogP contribution is -2.35. The van der Waals surface area contributed by atoms with E-state index >= 15 is 0 Å². The van der Waals surface area contributed by atoms with E-state index in [2.05, 4.69) is 4.98 Å². The minimum absolute atomic E-state index is 0.190. The molecule has 26 heavy (non-hydrogen) atoms. The van der Waals surface area contributed by atoms with Gasteiger partial charge >= 0.3 is 0 Å². The number of hydrogen-bond acceptors (Lipinski definition) is 2. The van der Waals surface area contributed by atoms with Crippen LogP contribution in [0.4, 0.5) is 5.69 Å². The summed E-state index contributed by atoms with van der Waals surface area (Å²) in [6, 6.07) is 19.0. The van der Waals surface area contributed by atoms with E-state index in [0.717, 1.165) is 22.5 Å². The number of para-hydroxylation sites is 1. The quantitative estimate of drug-likeness (QED) is 0.772. The second-order valence-electron chi connectivity index (χ2n) is 6.48. The maximum atomic E-state index is 13.4. The molecule has 2 aromatic carbocycles. The fourth-order valence-electron chi connectivity index (χ4n) is 3.15. The summed E-state index contributed by atoms with van der Waals surface area (Å²) in [5, 5.41) is 0. The van der Waals surface area contributed by atoms with Crippen molar-refractivity contribution >= 4 is 11.6 Å². The number of H-pyrrole nitrogens is 1. The van der Waals surface area contributed by atoms with Crippen molar-refractivity contribution in [3.05, 3.63) is 99.0 Å². The Morgan fingerprint density at radius 1 is 0.962 bits per heavy atom. The molecule has 1 N–H and O–H groups in total. The van der Waals surface area contributed by atoms with E-state index in [4.69, 9.17) is 0 Å². The summed E-state index contributed by atoms with van der Waals surface area (Å²) in [6.07, 6.45) is 0. The van der Waals surface area contributed by atoms with Crippen molar-refractivity contribution in [2.24, 2.45) is 0 Å². The van der Waals surface area contributed by atoms with Crippen LogP contribution < -0.4 is 10.3 Å². The van der Waals surface area contributed by atoms with Gasteiger partial charge in [0, 0.05) is 23.1 Å². The summed E-state index contributed by atoms with van der Waals surface area (Å²) < 4.78 is 0. The summed E-state index contributed by atoms with van der Waals surface area (Å²) in [5.74, 6) is -0.290. The molecule has 4 heteroatoms. The van der Waals surface area contributed by atoms with Gasteiger partial charge in [0.05, 0.1) is 6.54 Å². The van der Waals surface area contributed by atoms with Crippen molar-refractivity contribution in [1.82, 2.24) is 4.98 Å². The van der Waals surface area contributed by atoms with Crippen molar-refractivity contribution < 1.29 is 4.79 Å². The molecule has 3 aromatic rings. The molecule has 0 atom stereocenters. The maximum absolute atomic E-state index is 13.4. The van der Waals surface area contributed by atoms with Crippen LogP contribution in [0.25, 0.3) is 0 Å². The molecule has 132 valence electrons. The molecule has 1 amide bonds. The van der Waals surface area contributed by atoms with E-state index in [9.17, 15) is 9.59 Å². The van der Waals surface area contributed by atoms with Crippen molar-refractivity contribution in [2.75, 3.05) is 4.90 Å². The highest BCUT2D eigenvalue weighted by Gasteiger charge is 2.24. The lowest BCUT2D eigenvalue weighted by molar-refractivity contribution is 0.0983. The normalized spacial score (nSPS) is 10.6. The smallest absolute Gasteiger partial charge is 0.264 e. The van der Waals surface area contributed by atoms with E-state index in [0.29, 0.717) is 12.2 Å². The van der Waals surface area contributed by atoms with E-state index in [-0.39, 0.29) is 16.9 Å². The third kappa shape index (κ3) is 3.59.